The first-order valence-electron chi connectivity index (χ1n) is 5.70. The first-order valence-corrected chi connectivity index (χ1v) is 5.70. The monoisotopic (exact) mass is 270 g/mol. The highest BCUT2D eigenvalue weighted by Crippen LogP contribution is 2.28. The third-order valence-corrected chi connectivity index (χ3v) is 2.62. The van der Waals surface area contributed by atoms with Gasteiger partial charge in [0.2, 0.25) is 0 Å². The molecule has 0 atom stereocenters. The van der Waals surface area contributed by atoms with Gasteiger partial charge in [0.05, 0.1) is 28.7 Å². The topological polar surface area (TPSA) is 96.4 Å². The van der Waals surface area contributed by atoms with Gasteiger partial charge in [0.15, 0.2) is 0 Å². The average molecular weight is 270 g/mol. The zero-order chi connectivity index (χ0) is 14.5. The highest BCUT2D eigenvalue weighted by atomic mass is 16.6. The summed E-state index contributed by atoms with van der Waals surface area (Å²) in [5.74, 6) is 0.802. The normalized spacial score (nSPS) is 9.80. The van der Waals surface area contributed by atoms with Crippen LogP contribution in [0.1, 0.15) is 11.1 Å². The van der Waals surface area contributed by atoms with Crippen LogP contribution in [0.3, 0.4) is 0 Å². The smallest absolute Gasteiger partial charge is 0.275 e. The first kappa shape index (κ1) is 13.5. The molecule has 0 aliphatic carbocycles. The maximum absolute atomic E-state index is 10.8. The fraction of sp³-hybridized carbons (Fsp3) is 0.0714. The molecular formula is C14H10N2O4. The van der Waals surface area contributed by atoms with Crippen LogP contribution in [0.5, 0.6) is 11.5 Å². The molecule has 0 amide bonds. The van der Waals surface area contributed by atoms with Gasteiger partial charge >= 0.3 is 0 Å². The molecular weight excluding hydrogens is 260 g/mol. The van der Waals surface area contributed by atoms with Crippen molar-refractivity contribution in [3.63, 3.8) is 0 Å². The lowest BCUT2D eigenvalue weighted by atomic mass is 10.2. The lowest BCUT2D eigenvalue weighted by Gasteiger charge is -2.07. The molecule has 0 fully saturated rings. The number of nitro groups is 1. The van der Waals surface area contributed by atoms with E-state index >= 15 is 0 Å². The number of benzene rings is 2. The molecule has 0 spiro atoms. The molecule has 0 heterocycles. The largest absolute Gasteiger partial charge is 0.457 e. The molecule has 0 saturated heterocycles. The Morgan fingerprint density at radius 1 is 1.25 bits per heavy atom. The van der Waals surface area contributed by atoms with Crippen molar-refractivity contribution in [1.82, 2.24) is 0 Å². The molecule has 20 heavy (non-hydrogen) atoms. The first-order chi connectivity index (χ1) is 9.63. The molecule has 2 rings (SSSR count). The molecule has 0 aliphatic rings. The lowest BCUT2D eigenvalue weighted by molar-refractivity contribution is -0.385. The maximum atomic E-state index is 10.8. The van der Waals surface area contributed by atoms with Crippen LogP contribution in [0.15, 0.2) is 42.5 Å². The van der Waals surface area contributed by atoms with Crippen molar-refractivity contribution in [2.24, 2.45) is 0 Å². The summed E-state index contributed by atoms with van der Waals surface area (Å²) >= 11 is 0. The Morgan fingerprint density at radius 3 is 2.65 bits per heavy atom. The predicted molar refractivity (Wildman–Crippen MR) is 70.3 cm³/mol. The number of nitro benzene ring substituents is 1. The minimum Gasteiger partial charge on any atom is -0.457 e. The van der Waals surface area contributed by atoms with Crippen LogP contribution in [-0.2, 0) is 6.61 Å². The quantitative estimate of drug-likeness (QED) is 0.680. The summed E-state index contributed by atoms with van der Waals surface area (Å²) in [6.07, 6.45) is 0. The van der Waals surface area contributed by atoms with Gasteiger partial charge in [0.25, 0.3) is 5.69 Å². The van der Waals surface area contributed by atoms with Crippen molar-refractivity contribution in [3.8, 4) is 17.6 Å². The number of hydrogen-bond acceptors (Lipinski definition) is 5. The fourth-order valence-corrected chi connectivity index (χ4v) is 1.70. The Bertz CT molecular complexity index is 692. The zero-order valence-corrected chi connectivity index (χ0v) is 10.3. The Balaban J connectivity index is 2.30. The van der Waals surface area contributed by atoms with E-state index in [0.717, 1.165) is 0 Å². The van der Waals surface area contributed by atoms with Gasteiger partial charge in [-0.2, -0.15) is 5.26 Å². The third kappa shape index (κ3) is 2.91. The van der Waals surface area contributed by atoms with E-state index in [2.05, 4.69) is 0 Å². The van der Waals surface area contributed by atoms with E-state index in [9.17, 15) is 10.1 Å². The van der Waals surface area contributed by atoms with Crippen molar-refractivity contribution in [2.75, 3.05) is 0 Å². The molecule has 0 saturated carbocycles. The molecule has 0 aromatic heterocycles. The van der Waals surface area contributed by atoms with Gasteiger partial charge < -0.3 is 9.84 Å². The number of aliphatic hydroxyl groups excluding tert-OH is 1. The second-order valence-corrected chi connectivity index (χ2v) is 3.95. The Kier molecular flexibility index (Phi) is 3.93. The summed E-state index contributed by atoms with van der Waals surface area (Å²) < 4.78 is 5.51. The van der Waals surface area contributed by atoms with E-state index in [0.29, 0.717) is 17.1 Å². The Morgan fingerprint density at radius 2 is 2.00 bits per heavy atom. The van der Waals surface area contributed by atoms with Crippen LogP contribution in [0.25, 0.3) is 0 Å². The summed E-state index contributed by atoms with van der Waals surface area (Å²) in [7, 11) is 0. The minimum atomic E-state index is -0.564. The molecule has 6 heteroatoms. The van der Waals surface area contributed by atoms with Crippen molar-refractivity contribution >= 4 is 5.69 Å². The van der Waals surface area contributed by atoms with Crippen molar-refractivity contribution < 1.29 is 14.8 Å². The van der Waals surface area contributed by atoms with Crippen molar-refractivity contribution in [1.29, 1.82) is 5.26 Å². The highest BCUT2D eigenvalue weighted by Gasteiger charge is 2.14. The third-order valence-electron chi connectivity index (χ3n) is 2.62. The SMILES string of the molecule is N#Cc1cccc(Oc2ccc([N+](=O)[O-])c(CO)c2)c1. The van der Waals surface area contributed by atoms with Crippen molar-refractivity contribution in [3.05, 3.63) is 63.7 Å². The van der Waals surface area contributed by atoms with Gasteiger partial charge in [-0.1, -0.05) is 6.07 Å². The van der Waals surface area contributed by atoms with E-state index in [-0.39, 0.29) is 11.3 Å². The molecule has 0 unspecified atom stereocenters. The van der Waals surface area contributed by atoms with Crippen LogP contribution < -0.4 is 4.74 Å². The van der Waals surface area contributed by atoms with Crippen molar-refractivity contribution in [2.45, 2.75) is 6.61 Å². The fourth-order valence-electron chi connectivity index (χ4n) is 1.70. The minimum absolute atomic E-state index is 0.161. The second-order valence-electron chi connectivity index (χ2n) is 3.95. The molecule has 100 valence electrons. The number of hydrogen-bond donors (Lipinski definition) is 1. The Labute approximate surface area is 114 Å². The summed E-state index contributed by atoms with van der Waals surface area (Å²) in [4.78, 5) is 10.2. The van der Waals surface area contributed by atoms with Crippen LogP contribution in [-0.4, -0.2) is 10.0 Å². The van der Waals surface area contributed by atoms with Gasteiger partial charge in [-0.3, -0.25) is 10.1 Å². The van der Waals surface area contributed by atoms with Crippen LogP contribution in [0, 0.1) is 21.4 Å². The van der Waals surface area contributed by atoms with E-state index in [1.165, 1.54) is 18.2 Å². The standard InChI is InChI=1S/C14H10N2O4/c15-8-10-2-1-3-12(6-10)20-13-4-5-14(16(18)19)11(7-13)9-17/h1-7,17H,9H2. The van der Waals surface area contributed by atoms with Gasteiger partial charge in [-0.05, 0) is 30.3 Å². The molecule has 1 N–H and O–H groups in total. The Hall–Kier alpha value is -2.91. The van der Waals surface area contributed by atoms with E-state index in [1.54, 1.807) is 24.3 Å². The predicted octanol–water partition coefficient (Wildman–Crippen LogP) is 2.75. The van der Waals surface area contributed by atoms with Gasteiger partial charge in [0, 0.05) is 6.07 Å². The number of aliphatic hydroxyl groups is 1. The van der Waals surface area contributed by atoms with E-state index < -0.39 is 11.5 Å². The summed E-state index contributed by atoms with van der Waals surface area (Å²) in [5, 5.41) is 28.7. The maximum Gasteiger partial charge on any atom is 0.275 e. The second kappa shape index (κ2) is 5.82. The van der Waals surface area contributed by atoms with Gasteiger partial charge in [-0.15, -0.1) is 0 Å². The summed E-state index contributed by atoms with van der Waals surface area (Å²) in [6, 6.07) is 12.6. The summed E-state index contributed by atoms with van der Waals surface area (Å²) in [5.41, 5.74) is 0.460. The molecule has 2 aromatic carbocycles. The zero-order valence-electron chi connectivity index (χ0n) is 10.3. The van der Waals surface area contributed by atoms with Crippen LogP contribution >= 0.6 is 0 Å². The molecule has 2 aromatic rings. The van der Waals surface area contributed by atoms with Crippen LogP contribution in [0.2, 0.25) is 0 Å². The van der Waals surface area contributed by atoms with E-state index in [1.807, 2.05) is 6.07 Å². The number of nitriles is 1. The lowest BCUT2D eigenvalue weighted by Crippen LogP contribution is -1.96. The average Bonchev–Trinajstić information content (AvgIpc) is 2.47. The molecule has 0 radical (unpaired) electrons. The van der Waals surface area contributed by atoms with Gasteiger partial charge in [-0.25, -0.2) is 0 Å². The molecule has 0 bridgehead atoms. The molecule has 6 nitrogen and oxygen atoms in total. The highest BCUT2D eigenvalue weighted by molar-refractivity contribution is 5.46. The van der Waals surface area contributed by atoms with Crippen LogP contribution in [0.4, 0.5) is 5.69 Å². The molecule has 0 aliphatic heterocycles. The number of nitrogens with zero attached hydrogens (tertiary/aromatic N) is 2. The number of rotatable bonds is 4. The van der Waals surface area contributed by atoms with Gasteiger partial charge in [0.1, 0.15) is 11.5 Å². The number of ether oxygens (including phenoxy) is 1. The summed E-state index contributed by atoms with van der Waals surface area (Å²) in [6.45, 7) is -0.453. The van der Waals surface area contributed by atoms with E-state index in [4.69, 9.17) is 15.1 Å².